The number of nitrogens with zero attached hydrogens (tertiary/aromatic N) is 2. The molecule has 1 aromatic rings. The van der Waals surface area contributed by atoms with Gasteiger partial charge in [-0.1, -0.05) is 19.9 Å². The monoisotopic (exact) mass is 221 g/mol. The van der Waals surface area contributed by atoms with Crippen LogP contribution < -0.4 is 10.6 Å². The molecule has 4 heteroatoms. The van der Waals surface area contributed by atoms with E-state index < -0.39 is 0 Å². The zero-order chi connectivity index (χ0) is 11.5. The molecule has 2 N–H and O–H groups in total. The van der Waals surface area contributed by atoms with Gasteiger partial charge in [0.25, 0.3) is 0 Å². The second kappa shape index (κ2) is 4.70. The molecule has 0 spiro atoms. The number of hydrogen-bond acceptors (Lipinski definition) is 4. The van der Waals surface area contributed by atoms with Gasteiger partial charge in [0.2, 0.25) is 0 Å². The van der Waals surface area contributed by atoms with E-state index in [9.17, 15) is 0 Å². The smallest absolute Gasteiger partial charge is 0.131 e. The summed E-state index contributed by atoms with van der Waals surface area (Å²) in [5, 5.41) is 0. The lowest BCUT2D eigenvalue weighted by atomic mass is 10.1. The topological polar surface area (TPSA) is 51.4 Å². The zero-order valence-corrected chi connectivity index (χ0v) is 9.89. The van der Waals surface area contributed by atoms with Gasteiger partial charge in [-0.3, -0.25) is 0 Å². The second-order valence-electron chi connectivity index (χ2n) is 4.52. The lowest BCUT2D eigenvalue weighted by Crippen LogP contribution is -2.45. The van der Waals surface area contributed by atoms with Gasteiger partial charge in [0, 0.05) is 13.1 Å². The number of aromatic nitrogens is 1. The van der Waals surface area contributed by atoms with E-state index in [0.717, 1.165) is 25.5 Å². The van der Waals surface area contributed by atoms with Gasteiger partial charge in [-0.25, -0.2) is 4.98 Å². The van der Waals surface area contributed by atoms with Crippen molar-refractivity contribution < 1.29 is 4.74 Å². The predicted octanol–water partition coefficient (Wildman–Crippen LogP) is 1.52. The first-order chi connectivity index (χ1) is 7.66. The van der Waals surface area contributed by atoms with Crippen molar-refractivity contribution in [2.24, 2.45) is 5.92 Å². The third kappa shape index (κ3) is 2.44. The molecule has 1 saturated heterocycles. The molecule has 2 heterocycles. The molecule has 1 unspecified atom stereocenters. The Labute approximate surface area is 96.4 Å². The van der Waals surface area contributed by atoms with E-state index in [1.54, 1.807) is 0 Å². The van der Waals surface area contributed by atoms with Crippen molar-refractivity contribution in [2.75, 3.05) is 30.3 Å². The normalized spacial score (nSPS) is 21.4. The SMILES string of the molecule is CC(C)C1CN(c2cccc(N)n2)CCO1. The Balaban J connectivity index is 2.09. The van der Waals surface area contributed by atoms with E-state index >= 15 is 0 Å². The van der Waals surface area contributed by atoms with Crippen LogP contribution in [0.4, 0.5) is 11.6 Å². The molecule has 2 rings (SSSR count). The van der Waals surface area contributed by atoms with Crippen LogP contribution in [-0.4, -0.2) is 30.8 Å². The fourth-order valence-electron chi connectivity index (χ4n) is 1.90. The van der Waals surface area contributed by atoms with Gasteiger partial charge in [0.15, 0.2) is 0 Å². The van der Waals surface area contributed by atoms with Crippen LogP contribution in [0.5, 0.6) is 0 Å². The number of rotatable bonds is 2. The minimum Gasteiger partial charge on any atom is -0.384 e. The molecule has 1 aromatic heterocycles. The Morgan fingerprint density at radius 2 is 2.31 bits per heavy atom. The quantitative estimate of drug-likeness (QED) is 0.822. The Morgan fingerprint density at radius 1 is 1.50 bits per heavy atom. The third-order valence-corrected chi connectivity index (χ3v) is 2.92. The Bertz CT molecular complexity index is 354. The summed E-state index contributed by atoms with van der Waals surface area (Å²) < 4.78 is 5.72. The van der Waals surface area contributed by atoms with Crippen molar-refractivity contribution in [3.8, 4) is 0 Å². The van der Waals surface area contributed by atoms with Crippen molar-refractivity contribution in [2.45, 2.75) is 20.0 Å². The van der Waals surface area contributed by atoms with Crippen LogP contribution in [0.3, 0.4) is 0 Å². The fourth-order valence-corrected chi connectivity index (χ4v) is 1.90. The first-order valence-electron chi connectivity index (χ1n) is 5.76. The molecule has 1 atom stereocenters. The number of pyridine rings is 1. The van der Waals surface area contributed by atoms with Crippen LogP contribution in [-0.2, 0) is 4.74 Å². The highest BCUT2D eigenvalue weighted by Crippen LogP contribution is 2.19. The lowest BCUT2D eigenvalue weighted by molar-refractivity contribution is 0.0112. The maximum Gasteiger partial charge on any atom is 0.131 e. The second-order valence-corrected chi connectivity index (χ2v) is 4.52. The van der Waals surface area contributed by atoms with Crippen LogP contribution in [0.1, 0.15) is 13.8 Å². The average molecular weight is 221 g/mol. The molecule has 1 aliphatic rings. The highest BCUT2D eigenvalue weighted by atomic mass is 16.5. The predicted molar refractivity (Wildman–Crippen MR) is 65.4 cm³/mol. The molecular weight excluding hydrogens is 202 g/mol. The molecule has 1 aliphatic heterocycles. The van der Waals surface area contributed by atoms with Crippen LogP contribution in [0.15, 0.2) is 18.2 Å². The van der Waals surface area contributed by atoms with Gasteiger partial charge in [-0.15, -0.1) is 0 Å². The fraction of sp³-hybridized carbons (Fsp3) is 0.583. The molecule has 0 aliphatic carbocycles. The highest BCUT2D eigenvalue weighted by molar-refractivity contribution is 5.45. The number of nitrogens with two attached hydrogens (primary N) is 1. The summed E-state index contributed by atoms with van der Waals surface area (Å²) in [6, 6.07) is 5.75. The molecule has 4 nitrogen and oxygen atoms in total. The maximum atomic E-state index is 5.72. The largest absolute Gasteiger partial charge is 0.384 e. The van der Waals surface area contributed by atoms with Gasteiger partial charge >= 0.3 is 0 Å². The van der Waals surface area contributed by atoms with Crippen molar-refractivity contribution in [3.63, 3.8) is 0 Å². The molecule has 0 aromatic carbocycles. The number of anilines is 2. The van der Waals surface area contributed by atoms with Crippen LogP contribution in [0.2, 0.25) is 0 Å². The molecule has 88 valence electrons. The number of hydrogen-bond donors (Lipinski definition) is 1. The van der Waals surface area contributed by atoms with Gasteiger partial charge in [0.05, 0.1) is 12.7 Å². The third-order valence-electron chi connectivity index (χ3n) is 2.92. The summed E-state index contributed by atoms with van der Waals surface area (Å²) in [7, 11) is 0. The molecule has 0 radical (unpaired) electrons. The molecule has 0 amide bonds. The van der Waals surface area contributed by atoms with Crippen molar-refractivity contribution in [1.29, 1.82) is 0 Å². The standard InChI is InChI=1S/C12H19N3O/c1-9(2)10-8-15(6-7-16-10)12-5-3-4-11(13)14-12/h3-5,9-10H,6-8H2,1-2H3,(H2,13,14). The van der Waals surface area contributed by atoms with Crippen LogP contribution in [0, 0.1) is 5.92 Å². The number of morpholine rings is 1. The average Bonchev–Trinajstić information content (AvgIpc) is 2.29. The summed E-state index contributed by atoms with van der Waals surface area (Å²) in [4.78, 5) is 6.58. The van der Waals surface area contributed by atoms with Crippen molar-refractivity contribution in [1.82, 2.24) is 4.98 Å². The molecule has 1 fully saturated rings. The minimum absolute atomic E-state index is 0.289. The number of nitrogen functional groups attached to an aromatic ring is 1. The molecule has 0 bridgehead atoms. The summed E-state index contributed by atoms with van der Waals surface area (Å²) in [5.74, 6) is 2.06. The highest BCUT2D eigenvalue weighted by Gasteiger charge is 2.23. The Kier molecular flexibility index (Phi) is 3.29. The Morgan fingerprint density at radius 3 is 3.00 bits per heavy atom. The summed E-state index contributed by atoms with van der Waals surface area (Å²) >= 11 is 0. The van der Waals surface area contributed by atoms with E-state index in [1.807, 2.05) is 18.2 Å². The minimum atomic E-state index is 0.289. The van der Waals surface area contributed by atoms with Crippen LogP contribution in [0.25, 0.3) is 0 Å². The maximum absolute atomic E-state index is 5.72. The lowest BCUT2D eigenvalue weighted by Gasteiger charge is -2.35. The molecule has 16 heavy (non-hydrogen) atoms. The Hall–Kier alpha value is -1.29. The zero-order valence-electron chi connectivity index (χ0n) is 9.89. The van der Waals surface area contributed by atoms with E-state index in [2.05, 4.69) is 23.7 Å². The van der Waals surface area contributed by atoms with Gasteiger partial charge in [0.1, 0.15) is 11.6 Å². The van der Waals surface area contributed by atoms with Gasteiger partial charge in [-0.2, -0.15) is 0 Å². The van der Waals surface area contributed by atoms with E-state index in [-0.39, 0.29) is 6.10 Å². The van der Waals surface area contributed by atoms with Gasteiger partial charge < -0.3 is 15.4 Å². The number of ether oxygens (including phenoxy) is 1. The van der Waals surface area contributed by atoms with Gasteiger partial charge in [-0.05, 0) is 18.1 Å². The summed E-state index contributed by atoms with van der Waals surface area (Å²) in [6.45, 7) is 6.91. The first kappa shape index (κ1) is 11.2. The summed E-state index contributed by atoms with van der Waals surface area (Å²) in [5.41, 5.74) is 5.69. The molecule has 0 saturated carbocycles. The molecular formula is C12H19N3O. The first-order valence-corrected chi connectivity index (χ1v) is 5.76. The van der Waals surface area contributed by atoms with Crippen molar-refractivity contribution in [3.05, 3.63) is 18.2 Å². The van der Waals surface area contributed by atoms with E-state index in [1.165, 1.54) is 0 Å². The summed E-state index contributed by atoms with van der Waals surface area (Å²) in [6.07, 6.45) is 0.289. The van der Waals surface area contributed by atoms with E-state index in [4.69, 9.17) is 10.5 Å². The van der Waals surface area contributed by atoms with Crippen molar-refractivity contribution >= 4 is 11.6 Å². The van der Waals surface area contributed by atoms with E-state index in [0.29, 0.717) is 11.7 Å². The van der Waals surface area contributed by atoms with Crippen LogP contribution >= 0.6 is 0 Å².